The quantitative estimate of drug-likeness (QED) is 0.587. The molecule has 0 radical (unpaired) electrons. The third-order valence-corrected chi connectivity index (χ3v) is 6.97. The number of hydrogen-bond donors (Lipinski definition) is 2. The number of likely N-dealkylation sites (tertiary alicyclic amines) is 2. The third-order valence-electron chi connectivity index (χ3n) is 6.97. The predicted octanol–water partition coefficient (Wildman–Crippen LogP) is 3.21. The fourth-order valence-corrected chi connectivity index (χ4v) is 4.99. The molecule has 0 aromatic rings. The van der Waals surface area contributed by atoms with E-state index in [1.165, 1.54) is 0 Å². The Morgan fingerprint density at radius 3 is 1.31 bits per heavy atom. The molecule has 32 heavy (non-hydrogen) atoms. The lowest BCUT2D eigenvalue weighted by Gasteiger charge is -2.54. The van der Waals surface area contributed by atoms with Crippen molar-refractivity contribution < 1.29 is 19.1 Å². The number of nitrogens with zero attached hydrogens (tertiary/aromatic N) is 2. The van der Waals surface area contributed by atoms with Gasteiger partial charge in [-0.15, -0.1) is 0 Å². The summed E-state index contributed by atoms with van der Waals surface area (Å²) in [5.74, 6) is 0. The highest BCUT2D eigenvalue weighted by atomic mass is 16.6. The van der Waals surface area contributed by atoms with E-state index in [-0.39, 0.29) is 23.0 Å². The average molecular weight is 453 g/mol. The molecule has 4 heterocycles. The summed E-state index contributed by atoms with van der Waals surface area (Å²) in [4.78, 5) is 27.5. The van der Waals surface area contributed by atoms with Gasteiger partial charge in [-0.2, -0.15) is 0 Å². The van der Waals surface area contributed by atoms with Crippen LogP contribution in [-0.2, 0) is 9.47 Å². The zero-order valence-corrected chi connectivity index (χ0v) is 21.3. The van der Waals surface area contributed by atoms with Gasteiger partial charge in [0, 0.05) is 62.2 Å². The fraction of sp³-hybridized carbons (Fsp3) is 0.917. The van der Waals surface area contributed by atoms with Crippen LogP contribution in [0, 0.1) is 10.8 Å². The summed E-state index contributed by atoms with van der Waals surface area (Å²) in [5.41, 5.74) is -0.274. The maximum atomic E-state index is 11.9. The molecule has 4 fully saturated rings. The zero-order valence-electron chi connectivity index (χ0n) is 21.3. The van der Waals surface area contributed by atoms with Gasteiger partial charge in [-0.1, -0.05) is 13.8 Å². The number of amides is 2. The Morgan fingerprint density at radius 1 is 0.750 bits per heavy atom. The molecule has 0 aromatic carbocycles. The molecule has 0 spiro atoms. The van der Waals surface area contributed by atoms with Gasteiger partial charge in [-0.25, -0.2) is 9.59 Å². The minimum Gasteiger partial charge on any atom is -0.444 e. The van der Waals surface area contributed by atoms with Crippen LogP contribution in [0.5, 0.6) is 0 Å². The number of hydrogen-bond acceptors (Lipinski definition) is 6. The molecule has 4 rings (SSSR count). The topological polar surface area (TPSA) is 83.1 Å². The van der Waals surface area contributed by atoms with E-state index in [1.54, 1.807) is 0 Å². The molecular weight excluding hydrogens is 408 g/mol. The Kier molecular flexibility index (Phi) is 6.80. The van der Waals surface area contributed by atoms with Crippen LogP contribution in [0.3, 0.4) is 0 Å². The molecule has 0 aliphatic carbocycles. The molecule has 0 saturated carbocycles. The van der Waals surface area contributed by atoms with Crippen LogP contribution in [0.2, 0.25) is 0 Å². The molecule has 8 nitrogen and oxygen atoms in total. The van der Waals surface area contributed by atoms with Gasteiger partial charge in [0.25, 0.3) is 0 Å². The molecule has 184 valence electrons. The van der Waals surface area contributed by atoms with E-state index >= 15 is 0 Å². The highest BCUT2D eigenvalue weighted by Gasteiger charge is 2.48. The van der Waals surface area contributed by atoms with Crippen LogP contribution in [0.4, 0.5) is 9.59 Å². The van der Waals surface area contributed by atoms with Crippen molar-refractivity contribution in [3.63, 3.8) is 0 Å². The smallest absolute Gasteiger partial charge is 0.410 e. The molecule has 4 atom stereocenters. The van der Waals surface area contributed by atoms with Crippen molar-refractivity contribution in [3.8, 4) is 0 Å². The summed E-state index contributed by atoms with van der Waals surface area (Å²) in [6, 6.07) is 1.18. The molecule has 4 saturated heterocycles. The van der Waals surface area contributed by atoms with E-state index in [9.17, 15) is 9.59 Å². The van der Waals surface area contributed by atoms with Crippen molar-refractivity contribution in [2.24, 2.45) is 10.8 Å². The highest BCUT2D eigenvalue weighted by molar-refractivity contribution is 5.69. The molecule has 0 aromatic heterocycles. The minimum absolute atomic E-state index is 0.168. The summed E-state index contributed by atoms with van der Waals surface area (Å²) in [5, 5.41) is 6.83. The standard InChI is InChI=1S/2C12H22N2O2/c2*1-11(2,3)16-10(15)14-6-5-9-12(4,8-14)7-13-9/h2*9,13H,5-8H2,1-4H3/t2*9-,12-/m10/s1. The molecular formula is C24H44N4O4. The fourth-order valence-electron chi connectivity index (χ4n) is 4.99. The van der Waals surface area contributed by atoms with Crippen LogP contribution in [0.1, 0.15) is 68.2 Å². The van der Waals surface area contributed by atoms with E-state index in [1.807, 2.05) is 51.3 Å². The van der Waals surface area contributed by atoms with Gasteiger partial charge in [0.1, 0.15) is 11.2 Å². The number of piperidine rings is 2. The lowest BCUT2D eigenvalue weighted by molar-refractivity contribution is -0.0249. The van der Waals surface area contributed by atoms with Crippen LogP contribution in [0.15, 0.2) is 0 Å². The Hall–Kier alpha value is -1.54. The number of carbonyl (C=O) groups excluding carboxylic acids is 2. The van der Waals surface area contributed by atoms with Gasteiger partial charge in [0.05, 0.1) is 0 Å². The second-order valence-corrected chi connectivity index (χ2v) is 12.6. The molecule has 8 heteroatoms. The molecule has 2 amide bonds. The first-order chi connectivity index (χ1) is 14.6. The van der Waals surface area contributed by atoms with E-state index in [2.05, 4.69) is 24.5 Å². The monoisotopic (exact) mass is 452 g/mol. The molecule has 4 aliphatic rings. The van der Waals surface area contributed by atoms with Crippen molar-refractivity contribution in [3.05, 3.63) is 0 Å². The van der Waals surface area contributed by atoms with Crippen LogP contribution in [0.25, 0.3) is 0 Å². The first-order valence-corrected chi connectivity index (χ1v) is 12.0. The van der Waals surface area contributed by atoms with Crippen LogP contribution >= 0.6 is 0 Å². The lowest BCUT2D eigenvalue weighted by Crippen LogP contribution is -2.69. The largest absolute Gasteiger partial charge is 0.444 e. The summed E-state index contributed by atoms with van der Waals surface area (Å²) in [7, 11) is 0. The van der Waals surface area contributed by atoms with E-state index < -0.39 is 11.2 Å². The second-order valence-electron chi connectivity index (χ2n) is 12.6. The summed E-state index contributed by atoms with van der Waals surface area (Å²) >= 11 is 0. The molecule has 2 N–H and O–H groups in total. The highest BCUT2D eigenvalue weighted by Crippen LogP contribution is 2.37. The first-order valence-electron chi connectivity index (χ1n) is 12.0. The van der Waals surface area contributed by atoms with Gasteiger partial charge in [0.2, 0.25) is 0 Å². The van der Waals surface area contributed by atoms with Crippen molar-refractivity contribution in [2.45, 2.75) is 91.5 Å². The third kappa shape index (κ3) is 5.87. The second kappa shape index (κ2) is 8.67. The Morgan fingerprint density at radius 2 is 1.09 bits per heavy atom. The average Bonchev–Trinajstić information content (AvgIpc) is 2.60. The molecule has 4 aliphatic heterocycles. The maximum Gasteiger partial charge on any atom is 0.410 e. The van der Waals surface area contributed by atoms with Crippen molar-refractivity contribution in [1.82, 2.24) is 20.4 Å². The van der Waals surface area contributed by atoms with Gasteiger partial charge < -0.3 is 29.9 Å². The van der Waals surface area contributed by atoms with E-state index in [0.29, 0.717) is 12.1 Å². The predicted molar refractivity (Wildman–Crippen MR) is 125 cm³/mol. The number of nitrogens with one attached hydrogen (secondary N) is 2. The first kappa shape index (κ1) is 25.1. The minimum atomic E-state index is -0.396. The van der Waals surface area contributed by atoms with Gasteiger partial charge in [-0.05, 0) is 54.4 Å². The van der Waals surface area contributed by atoms with E-state index in [0.717, 1.165) is 52.1 Å². The van der Waals surface area contributed by atoms with Crippen molar-refractivity contribution >= 4 is 12.2 Å². The summed E-state index contributed by atoms with van der Waals surface area (Å²) < 4.78 is 10.8. The Bertz CT molecular complexity index is 656. The molecule has 0 bridgehead atoms. The van der Waals surface area contributed by atoms with Crippen LogP contribution in [-0.4, -0.2) is 84.5 Å². The van der Waals surface area contributed by atoms with E-state index in [4.69, 9.17) is 9.47 Å². The normalized spacial score (nSPS) is 34.0. The number of ether oxygens (including phenoxy) is 2. The van der Waals surface area contributed by atoms with Crippen molar-refractivity contribution in [2.75, 3.05) is 39.3 Å². The van der Waals surface area contributed by atoms with Gasteiger partial charge >= 0.3 is 12.2 Å². The SMILES string of the molecule is CC(C)(C)OC(=O)N1CC[C@@H]2NC[C@@]2(C)C1.CC(C)(C)OC(=O)N1CC[C@H]2NC[C@]2(C)C1. The Balaban J connectivity index is 0.000000181. The Labute approximate surface area is 193 Å². The zero-order chi connectivity index (χ0) is 23.9. The molecule has 0 unspecified atom stereocenters. The summed E-state index contributed by atoms with van der Waals surface area (Å²) in [6.07, 6.45) is 1.74. The number of carbonyl (C=O) groups is 2. The number of rotatable bonds is 0. The maximum absolute atomic E-state index is 11.9. The van der Waals surface area contributed by atoms with Crippen molar-refractivity contribution in [1.29, 1.82) is 0 Å². The summed E-state index contributed by atoms with van der Waals surface area (Å²) in [6.45, 7) is 21.2. The van der Waals surface area contributed by atoms with Gasteiger partial charge in [-0.3, -0.25) is 0 Å². The van der Waals surface area contributed by atoms with Gasteiger partial charge in [0.15, 0.2) is 0 Å². The van der Waals surface area contributed by atoms with Crippen LogP contribution < -0.4 is 10.6 Å². The lowest BCUT2D eigenvalue weighted by atomic mass is 9.71. The number of fused-ring (bicyclic) bond motifs is 2.